The number of aliphatic carboxylic acids is 3. The molecule has 0 aliphatic rings. The molecule has 102 valence electrons. The second kappa shape index (κ2) is 22.8. The molecule has 0 fully saturated rings. The molecule has 0 aromatic carbocycles. The van der Waals surface area contributed by atoms with Gasteiger partial charge >= 0.3 is 17.4 Å². The maximum absolute atomic E-state index is 9.37. The molecule has 0 spiro atoms. The van der Waals surface area contributed by atoms with Crippen molar-refractivity contribution >= 4 is 83.1 Å². The number of carboxylic acids is 3. The zero-order valence-corrected chi connectivity index (χ0v) is 15.0. The molecule has 6 nitrogen and oxygen atoms in total. The Morgan fingerprint density at radius 1 is 0.632 bits per heavy atom. The van der Waals surface area contributed by atoms with Crippen molar-refractivity contribution in [3.63, 3.8) is 0 Å². The number of carbonyl (C=O) groups is 3. The number of hydrogen-bond acceptors (Lipinski definition) is 6. The monoisotopic (exact) mass is 474 g/mol. The summed E-state index contributed by atoms with van der Waals surface area (Å²) in [5.74, 6) is -3.56. The van der Waals surface area contributed by atoms with E-state index in [-0.39, 0.29) is 17.4 Å². The maximum atomic E-state index is 9.37. The van der Waals surface area contributed by atoms with E-state index in [0.29, 0.717) is 0 Å². The van der Waals surface area contributed by atoms with Crippen molar-refractivity contribution in [1.82, 2.24) is 0 Å². The summed E-state index contributed by atoms with van der Waals surface area (Å²) in [7, 11) is 0. The number of carboxylic acid groups (broad SMARTS) is 3. The zero-order chi connectivity index (χ0) is 15.0. The van der Waals surface area contributed by atoms with E-state index < -0.39 is 17.9 Å². The molecule has 0 aromatic rings. The fourth-order valence-electron chi connectivity index (χ4n) is 0.154. The van der Waals surface area contributed by atoms with Crippen LogP contribution in [0.5, 0.6) is 0 Å². The molecule has 19 heavy (non-hydrogen) atoms. The van der Waals surface area contributed by atoms with Gasteiger partial charge in [0.05, 0.1) is 17.9 Å². The van der Waals surface area contributed by atoms with E-state index in [2.05, 4.69) is 47.8 Å². The van der Waals surface area contributed by atoms with Crippen LogP contribution in [0, 0.1) is 0 Å². The predicted molar refractivity (Wildman–Crippen MR) is 75.0 cm³/mol. The summed E-state index contributed by atoms with van der Waals surface area (Å²) in [5, 5.41) is 28.1. The van der Waals surface area contributed by atoms with Crippen LogP contribution in [0.15, 0.2) is 33.2 Å². The van der Waals surface area contributed by atoms with Crippen molar-refractivity contribution < 1.29 is 29.7 Å². The van der Waals surface area contributed by atoms with Crippen molar-refractivity contribution in [3.8, 4) is 0 Å². The van der Waals surface area contributed by atoms with Crippen LogP contribution >= 0.6 is 47.8 Å². The predicted octanol–water partition coefficient (Wildman–Crippen LogP) is -1.45. The van der Waals surface area contributed by atoms with Crippen LogP contribution in [0.2, 0.25) is 0 Å². The van der Waals surface area contributed by atoms with E-state index in [4.69, 9.17) is 0 Å². The van der Waals surface area contributed by atoms with Gasteiger partial charge in [-0.15, -0.1) is 0 Å². The van der Waals surface area contributed by atoms with Gasteiger partial charge in [0.25, 0.3) is 0 Å². The summed E-state index contributed by atoms with van der Waals surface area (Å²) in [6.07, 6.45) is 2.67. The van der Waals surface area contributed by atoms with Gasteiger partial charge in [0.2, 0.25) is 0 Å². The van der Waals surface area contributed by atoms with E-state index in [1.807, 2.05) is 0 Å². The molecule has 0 aromatic heterocycles. The van der Waals surface area contributed by atoms with Crippen molar-refractivity contribution in [2.24, 2.45) is 0 Å². The summed E-state index contributed by atoms with van der Waals surface area (Å²) in [4.78, 5) is 31.8. The Morgan fingerprint density at radius 3 is 0.789 bits per heavy atom. The Morgan fingerprint density at radius 2 is 0.789 bits per heavy atom. The molecular formula is C9H6AlBr3O6. The van der Waals surface area contributed by atoms with Crippen LogP contribution in [0.1, 0.15) is 0 Å². The molecule has 0 unspecified atom stereocenters. The number of halogens is 3. The van der Waals surface area contributed by atoms with Gasteiger partial charge in [0, 0.05) is 0 Å². The number of hydrogen-bond donors (Lipinski definition) is 0. The second-order valence-electron chi connectivity index (χ2n) is 1.84. The smallest absolute Gasteiger partial charge is 0.545 e. The summed E-state index contributed by atoms with van der Waals surface area (Å²) in [6.45, 7) is 0. The Hall–Kier alpha value is -0.398. The van der Waals surface area contributed by atoms with Gasteiger partial charge in [-0.2, -0.15) is 0 Å². The Bertz CT molecular complexity index is 289. The molecule has 10 heteroatoms. The van der Waals surface area contributed by atoms with Crippen molar-refractivity contribution in [2.45, 2.75) is 0 Å². The van der Waals surface area contributed by atoms with Gasteiger partial charge < -0.3 is 29.7 Å². The summed E-state index contributed by atoms with van der Waals surface area (Å²) < 4.78 is 0. The number of rotatable bonds is 3. The zero-order valence-electron chi connectivity index (χ0n) is 9.12. The van der Waals surface area contributed by atoms with E-state index in [0.717, 1.165) is 18.2 Å². The van der Waals surface area contributed by atoms with Gasteiger partial charge in [-0.1, -0.05) is 47.8 Å². The minimum atomic E-state index is -1.19. The molecule has 0 aliphatic carbocycles. The third-order valence-corrected chi connectivity index (χ3v) is 1.39. The van der Waals surface area contributed by atoms with Crippen LogP contribution in [0.3, 0.4) is 0 Å². The van der Waals surface area contributed by atoms with Crippen LogP contribution in [-0.4, -0.2) is 35.3 Å². The molecule has 0 N–H and O–H groups in total. The van der Waals surface area contributed by atoms with Crippen molar-refractivity contribution in [1.29, 1.82) is 0 Å². The average Bonchev–Trinajstić information content (AvgIpc) is 2.18. The standard InChI is InChI=1S/3C3H3BrO2.Al/c3*4-2-1-3(5)6;/h3*1-2H,(H,5,6);/q;;;+3/p-3/b3*2-1+;. The molecule has 0 radical (unpaired) electrons. The van der Waals surface area contributed by atoms with Crippen LogP contribution in [-0.2, 0) is 14.4 Å². The first-order valence-corrected chi connectivity index (χ1v) is 6.49. The minimum Gasteiger partial charge on any atom is -0.545 e. The topological polar surface area (TPSA) is 120 Å². The Labute approximate surface area is 145 Å². The molecule has 0 rings (SSSR count). The fraction of sp³-hybridized carbons (Fsp3) is 0. The molecule has 0 aliphatic heterocycles. The molecule has 0 amide bonds. The summed E-state index contributed by atoms with van der Waals surface area (Å²) >= 11 is 8.25. The third-order valence-electron chi connectivity index (χ3n) is 0.597. The summed E-state index contributed by atoms with van der Waals surface area (Å²) in [6, 6.07) is 0. The molecule has 0 heterocycles. The SMILES string of the molecule is O=C([O-])/C=C/Br.O=C([O-])/C=C/Br.O=C([O-])/C=C/Br.[Al+3]. The van der Waals surface area contributed by atoms with Gasteiger partial charge in [-0.25, -0.2) is 0 Å². The first-order valence-electron chi connectivity index (χ1n) is 3.75. The van der Waals surface area contributed by atoms with Crippen molar-refractivity contribution in [2.75, 3.05) is 0 Å². The van der Waals surface area contributed by atoms with Gasteiger partial charge in [0.1, 0.15) is 0 Å². The fourth-order valence-corrected chi connectivity index (χ4v) is 0.802. The van der Waals surface area contributed by atoms with Crippen LogP contribution in [0.4, 0.5) is 0 Å². The minimum absolute atomic E-state index is 0. The summed E-state index contributed by atoms with van der Waals surface area (Å²) in [5.41, 5.74) is 0. The first kappa shape index (κ1) is 27.0. The van der Waals surface area contributed by atoms with Crippen molar-refractivity contribution in [3.05, 3.63) is 33.2 Å². The normalized spacial score (nSPS) is 9.00. The van der Waals surface area contributed by atoms with Crippen LogP contribution in [0.25, 0.3) is 0 Å². The molecule has 0 atom stereocenters. The molecular weight excluding hydrogens is 471 g/mol. The van der Waals surface area contributed by atoms with Gasteiger partial charge in [-0.3, -0.25) is 0 Å². The maximum Gasteiger partial charge on any atom is 3.00 e. The van der Waals surface area contributed by atoms with Crippen LogP contribution < -0.4 is 15.3 Å². The van der Waals surface area contributed by atoms with Gasteiger partial charge in [0.15, 0.2) is 0 Å². The Balaban J connectivity index is -0.0000000865. The number of carbonyl (C=O) groups excluding carboxylic acids is 3. The Kier molecular flexibility index (Phi) is 32.4. The quantitative estimate of drug-likeness (QED) is 0.363. The largest absolute Gasteiger partial charge is 3.00 e. The third kappa shape index (κ3) is 57.9. The average molecular weight is 477 g/mol. The molecule has 0 saturated heterocycles. The van der Waals surface area contributed by atoms with Gasteiger partial charge in [-0.05, 0) is 33.2 Å². The van der Waals surface area contributed by atoms with E-state index in [1.54, 1.807) is 0 Å². The molecule has 0 bridgehead atoms. The van der Waals surface area contributed by atoms with E-state index in [1.165, 1.54) is 15.0 Å². The van der Waals surface area contributed by atoms with E-state index in [9.17, 15) is 29.7 Å². The second-order valence-corrected chi connectivity index (χ2v) is 3.42. The first-order chi connectivity index (χ1) is 8.31. The van der Waals surface area contributed by atoms with E-state index >= 15 is 0 Å². The molecule has 0 saturated carbocycles.